The lowest BCUT2D eigenvalue weighted by molar-refractivity contribution is -0.111. The number of rotatable bonds is 3. The molecule has 0 unspecified atom stereocenters. The van der Waals surface area contributed by atoms with Crippen LogP contribution in [0, 0.1) is 0 Å². The summed E-state index contributed by atoms with van der Waals surface area (Å²) in [6, 6.07) is 15.4. The van der Waals surface area contributed by atoms with Gasteiger partial charge in [0.25, 0.3) is 0 Å². The number of nitrogens with zero attached hydrogens (tertiary/aromatic N) is 2. The van der Waals surface area contributed by atoms with E-state index in [4.69, 9.17) is 11.6 Å². The van der Waals surface area contributed by atoms with Gasteiger partial charge in [-0.05, 0) is 42.7 Å². The van der Waals surface area contributed by atoms with E-state index in [1.165, 1.54) is 12.5 Å². The van der Waals surface area contributed by atoms with Crippen LogP contribution in [-0.4, -0.2) is 18.2 Å². The Kier molecular flexibility index (Phi) is 4.63. The number of benzene rings is 2. The molecule has 0 saturated heterocycles. The van der Waals surface area contributed by atoms with Gasteiger partial charge in [0, 0.05) is 24.2 Å². The molecule has 3 rings (SSSR count). The SMILES string of the molecule is CC(=O)/C(=N/Nc1cccc(Cl)c1)N1CCCc2ccccc21. The molecular formula is C18H18ClN3O. The Hall–Kier alpha value is -2.33. The molecule has 0 aliphatic carbocycles. The Morgan fingerprint density at radius 3 is 2.83 bits per heavy atom. The number of ketones is 1. The minimum Gasteiger partial charge on any atom is -0.322 e. The molecule has 5 heteroatoms. The van der Waals surface area contributed by atoms with Crippen molar-refractivity contribution in [2.45, 2.75) is 19.8 Å². The predicted molar refractivity (Wildman–Crippen MR) is 95.3 cm³/mol. The van der Waals surface area contributed by atoms with Gasteiger partial charge < -0.3 is 4.90 Å². The molecule has 1 aliphatic rings. The van der Waals surface area contributed by atoms with Crippen molar-refractivity contribution in [2.75, 3.05) is 16.9 Å². The van der Waals surface area contributed by atoms with Gasteiger partial charge in [0.15, 0.2) is 11.6 Å². The number of aryl methyl sites for hydroxylation is 1. The molecule has 2 aromatic rings. The zero-order valence-electron chi connectivity index (χ0n) is 12.9. The van der Waals surface area contributed by atoms with E-state index >= 15 is 0 Å². The van der Waals surface area contributed by atoms with Crippen molar-refractivity contribution in [1.82, 2.24) is 0 Å². The highest BCUT2D eigenvalue weighted by Gasteiger charge is 2.23. The summed E-state index contributed by atoms with van der Waals surface area (Å²) in [4.78, 5) is 14.1. The van der Waals surface area contributed by atoms with Crippen LogP contribution in [0.4, 0.5) is 11.4 Å². The third-order valence-corrected chi connectivity index (χ3v) is 4.03. The van der Waals surface area contributed by atoms with Crippen LogP contribution in [0.2, 0.25) is 5.02 Å². The molecule has 0 amide bonds. The quantitative estimate of drug-likeness (QED) is 0.524. The first-order valence-electron chi connectivity index (χ1n) is 7.61. The maximum atomic E-state index is 12.1. The van der Waals surface area contributed by atoms with Gasteiger partial charge in [-0.2, -0.15) is 5.10 Å². The van der Waals surface area contributed by atoms with Gasteiger partial charge in [-0.15, -0.1) is 0 Å². The Balaban J connectivity index is 1.91. The standard InChI is InChI=1S/C18H18ClN3O/c1-13(23)18(21-20-16-9-4-8-15(19)12-16)22-11-5-7-14-6-2-3-10-17(14)22/h2-4,6,8-10,12,20H,5,7,11H2,1H3/b21-18-. The van der Waals surface area contributed by atoms with Crippen LogP contribution in [0.3, 0.4) is 0 Å². The molecule has 0 bridgehead atoms. The molecule has 0 spiro atoms. The number of carbonyl (C=O) groups is 1. The van der Waals surface area contributed by atoms with Gasteiger partial charge in [0.2, 0.25) is 0 Å². The van der Waals surface area contributed by atoms with E-state index in [1.54, 1.807) is 12.1 Å². The molecular weight excluding hydrogens is 310 g/mol. The smallest absolute Gasteiger partial charge is 0.197 e. The van der Waals surface area contributed by atoms with Crippen molar-refractivity contribution in [3.63, 3.8) is 0 Å². The third-order valence-electron chi connectivity index (χ3n) is 3.80. The minimum absolute atomic E-state index is 0.0729. The third kappa shape index (κ3) is 3.54. The fourth-order valence-electron chi connectivity index (χ4n) is 2.76. The number of fused-ring (bicyclic) bond motifs is 1. The first kappa shape index (κ1) is 15.6. The van der Waals surface area contributed by atoms with Gasteiger partial charge in [0.1, 0.15) is 0 Å². The minimum atomic E-state index is -0.0729. The van der Waals surface area contributed by atoms with Gasteiger partial charge >= 0.3 is 0 Å². The normalized spacial score (nSPS) is 14.3. The molecule has 1 N–H and O–H groups in total. The molecule has 0 radical (unpaired) electrons. The molecule has 1 aliphatic heterocycles. The van der Waals surface area contributed by atoms with Crippen molar-refractivity contribution in [2.24, 2.45) is 5.10 Å². The van der Waals surface area contributed by atoms with Crippen molar-refractivity contribution >= 4 is 34.6 Å². The van der Waals surface area contributed by atoms with Gasteiger partial charge in [-0.1, -0.05) is 35.9 Å². The van der Waals surface area contributed by atoms with Gasteiger partial charge in [0.05, 0.1) is 5.69 Å². The van der Waals surface area contributed by atoms with Crippen molar-refractivity contribution < 1.29 is 4.79 Å². The fraction of sp³-hybridized carbons (Fsp3) is 0.222. The Morgan fingerprint density at radius 2 is 2.04 bits per heavy atom. The van der Waals surface area contributed by atoms with E-state index in [0.29, 0.717) is 10.9 Å². The van der Waals surface area contributed by atoms with E-state index in [2.05, 4.69) is 16.6 Å². The number of hydrogen-bond donors (Lipinski definition) is 1. The molecule has 0 saturated carbocycles. The summed E-state index contributed by atoms with van der Waals surface area (Å²) in [6.45, 7) is 2.32. The van der Waals surface area contributed by atoms with E-state index in [0.717, 1.165) is 30.8 Å². The van der Waals surface area contributed by atoms with Crippen LogP contribution < -0.4 is 10.3 Å². The zero-order valence-corrected chi connectivity index (χ0v) is 13.7. The monoisotopic (exact) mass is 327 g/mol. The second kappa shape index (κ2) is 6.84. The largest absolute Gasteiger partial charge is 0.322 e. The molecule has 23 heavy (non-hydrogen) atoms. The lowest BCUT2D eigenvalue weighted by atomic mass is 10.0. The van der Waals surface area contributed by atoms with Crippen LogP contribution in [0.1, 0.15) is 18.9 Å². The molecule has 1 heterocycles. The van der Waals surface area contributed by atoms with Crippen molar-refractivity contribution in [3.8, 4) is 0 Å². The summed E-state index contributed by atoms with van der Waals surface area (Å²) >= 11 is 5.97. The van der Waals surface area contributed by atoms with Gasteiger partial charge in [-0.25, -0.2) is 0 Å². The van der Waals surface area contributed by atoms with Crippen LogP contribution in [-0.2, 0) is 11.2 Å². The average Bonchev–Trinajstić information content (AvgIpc) is 2.55. The fourth-order valence-corrected chi connectivity index (χ4v) is 2.95. The second-order valence-electron chi connectivity index (χ2n) is 5.50. The lowest BCUT2D eigenvalue weighted by Gasteiger charge is -2.30. The van der Waals surface area contributed by atoms with E-state index in [9.17, 15) is 4.79 Å². The van der Waals surface area contributed by atoms with Crippen molar-refractivity contribution in [3.05, 3.63) is 59.1 Å². The van der Waals surface area contributed by atoms with E-state index in [1.807, 2.05) is 35.2 Å². The predicted octanol–water partition coefficient (Wildman–Crippen LogP) is 4.11. The van der Waals surface area contributed by atoms with Crippen LogP contribution in [0.25, 0.3) is 0 Å². The highest BCUT2D eigenvalue weighted by atomic mass is 35.5. The first-order valence-corrected chi connectivity index (χ1v) is 7.98. The maximum Gasteiger partial charge on any atom is 0.197 e. The number of nitrogens with one attached hydrogen (secondary N) is 1. The lowest BCUT2D eigenvalue weighted by Crippen LogP contribution is -2.39. The van der Waals surface area contributed by atoms with E-state index < -0.39 is 0 Å². The van der Waals surface area contributed by atoms with Gasteiger partial charge in [-0.3, -0.25) is 10.2 Å². The molecule has 0 aromatic heterocycles. The molecule has 2 aromatic carbocycles. The summed E-state index contributed by atoms with van der Waals surface area (Å²) in [6.07, 6.45) is 2.03. The number of halogens is 1. The summed E-state index contributed by atoms with van der Waals surface area (Å²) in [5, 5.41) is 4.96. The number of anilines is 2. The number of para-hydroxylation sites is 1. The zero-order chi connectivity index (χ0) is 16.2. The number of hydrogen-bond acceptors (Lipinski definition) is 3. The maximum absolute atomic E-state index is 12.1. The number of Topliss-reactive ketones (excluding diaryl/α,β-unsaturated/α-hetero) is 1. The highest BCUT2D eigenvalue weighted by Crippen LogP contribution is 2.27. The molecule has 0 atom stereocenters. The van der Waals surface area contributed by atoms with Crippen molar-refractivity contribution in [1.29, 1.82) is 0 Å². The summed E-state index contributed by atoms with van der Waals surface area (Å²) in [5.74, 6) is 0.341. The number of carbonyl (C=O) groups excluding carboxylic acids is 1. The molecule has 0 fully saturated rings. The number of amidine groups is 1. The highest BCUT2D eigenvalue weighted by molar-refractivity contribution is 6.43. The Labute approximate surface area is 140 Å². The molecule has 118 valence electrons. The Morgan fingerprint density at radius 1 is 1.22 bits per heavy atom. The second-order valence-corrected chi connectivity index (χ2v) is 5.93. The van der Waals surface area contributed by atoms with Crippen LogP contribution in [0.15, 0.2) is 53.6 Å². The van der Waals surface area contributed by atoms with Crippen LogP contribution >= 0.6 is 11.6 Å². The average molecular weight is 328 g/mol. The summed E-state index contributed by atoms with van der Waals surface area (Å²) < 4.78 is 0. The molecule has 4 nitrogen and oxygen atoms in total. The summed E-state index contributed by atoms with van der Waals surface area (Å²) in [7, 11) is 0. The summed E-state index contributed by atoms with van der Waals surface area (Å²) in [5.41, 5.74) is 5.99. The number of hydrazone groups is 1. The van der Waals surface area contributed by atoms with E-state index in [-0.39, 0.29) is 5.78 Å². The first-order chi connectivity index (χ1) is 11.1. The Bertz CT molecular complexity index is 757. The van der Waals surface area contributed by atoms with Crippen LogP contribution in [0.5, 0.6) is 0 Å². The topological polar surface area (TPSA) is 44.7 Å².